The van der Waals surface area contributed by atoms with Crippen molar-refractivity contribution in [2.75, 3.05) is 0 Å². The summed E-state index contributed by atoms with van der Waals surface area (Å²) < 4.78 is 16.8. The smallest absolute Gasteiger partial charge is 0.304 e. The first-order valence-electron chi connectivity index (χ1n) is 10.4. The SMILES string of the molecule is CC(=O)OC(NC=O)C(OCc1ccccc1)C(C)Cc1noc(Cc2ccccc2)n1. The van der Waals surface area contributed by atoms with Crippen molar-refractivity contribution < 1.29 is 23.6 Å². The van der Waals surface area contributed by atoms with Gasteiger partial charge < -0.3 is 19.3 Å². The van der Waals surface area contributed by atoms with E-state index in [4.69, 9.17) is 14.0 Å². The number of hydrogen-bond donors (Lipinski definition) is 1. The molecule has 1 heterocycles. The van der Waals surface area contributed by atoms with Crippen LogP contribution in [0.3, 0.4) is 0 Å². The van der Waals surface area contributed by atoms with Crippen LogP contribution in [0.25, 0.3) is 0 Å². The number of amides is 1. The Bertz CT molecular complexity index is 978. The Labute approximate surface area is 186 Å². The Morgan fingerprint density at radius 1 is 1.09 bits per heavy atom. The summed E-state index contributed by atoms with van der Waals surface area (Å²) in [6.45, 7) is 3.50. The van der Waals surface area contributed by atoms with E-state index in [-0.39, 0.29) is 5.92 Å². The average Bonchev–Trinajstić information content (AvgIpc) is 3.21. The fourth-order valence-electron chi connectivity index (χ4n) is 3.38. The van der Waals surface area contributed by atoms with Crippen LogP contribution >= 0.6 is 0 Å². The first-order valence-corrected chi connectivity index (χ1v) is 10.4. The second kappa shape index (κ2) is 11.8. The van der Waals surface area contributed by atoms with Crippen molar-refractivity contribution in [1.29, 1.82) is 0 Å². The van der Waals surface area contributed by atoms with Crippen LogP contribution < -0.4 is 5.32 Å². The van der Waals surface area contributed by atoms with E-state index in [9.17, 15) is 9.59 Å². The van der Waals surface area contributed by atoms with Crippen LogP contribution in [0, 0.1) is 5.92 Å². The molecule has 0 aliphatic heterocycles. The molecule has 8 nitrogen and oxygen atoms in total. The first kappa shape index (κ1) is 23.1. The number of rotatable bonds is 12. The molecular weight excluding hydrogens is 410 g/mol. The fourth-order valence-corrected chi connectivity index (χ4v) is 3.38. The zero-order valence-corrected chi connectivity index (χ0v) is 18.1. The molecule has 0 saturated carbocycles. The molecule has 0 radical (unpaired) electrons. The second-order valence-electron chi connectivity index (χ2n) is 7.52. The summed E-state index contributed by atoms with van der Waals surface area (Å²) in [7, 11) is 0. The number of carbonyl (C=O) groups is 2. The van der Waals surface area contributed by atoms with Crippen LogP contribution in [0.4, 0.5) is 0 Å². The highest BCUT2D eigenvalue weighted by molar-refractivity contribution is 5.66. The van der Waals surface area contributed by atoms with E-state index >= 15 is 0 Å². The summed E-state index contributed by atoms with van der Waals surface area (Å²) in [5.74, 6) is 0.319. The minimum Gasteiger partial charge on any atom is -0.439 e. The van der Waals surface area contributed by atoms with Gasteiger partial charge in [0.2, 0.25) is 18.5 Å². The molecule has 8 heteroatoms. The van der Waals surface area contributed by atoms with E-state index in [2.05, 4.69) is 15.5 Å². The Morgan fingerprint density at radius 3 is 2.38 bits per heavy atom. The Kier molecular flexibility index (Phi) is 8.51. The number of hydrogen-bond acceptors (Lipinski definition) is 7. The summed E-state index contributed by atoms with van der Waals surface area (Å²) in [4.78, 5) is 27.2. The third-order valence-corrected chi connectivity index (χ3v) is 4.88. The third kappa shape index (κ3) is 7.02. The number of nitrogens with one attached hydrogen (secondary N) is 1. The van der Waals surface area contributed by atoms with Gasteiger partial charge in [-0.3, -0.25) is 9.59 Å². The molecule has 0 fully saturated rings. The first-order chi connectivity index (χ1) is 15.5. The predicted octanol–water partition coefficient (Wildman–Crippen LogP) is 3.06. The second-order valence-corrected chi connectivity index (χ2v) is 7.52. The number of benzene rings is 2. The summed E-state index contributed by atoms with van der Waals surface area (Å²) in [6, 6.07) is 19.5. The largest absolute Gasteiger partial charge is 0.439 e. The maximum Gasteiger partial charge on any atom is 0.304 e. The molecule has 0 aliphatic carbocycles. The molecule has 3 atom stereocenters. The van der Waals surface area contributed by atoms with Crippen molar-refractivity contribution >= 4 is 12.4 Å². The number of carbonyl (C=O) groups excluding carboxylic acids is 2. The lowest BCUT2D eigenvalue weighted by Crippen LogP contribution is -2.47. The van der Waals surface area contributed by atoms with Crippen molar-refractivity contribution in [2.24, 2.45) is 5.92 Å². The predicted molar refractivity (Wildman–Crippen MR) is 116 cm³/mol. The summed E-state index contributed by atoms with van der Waals surface area (Å²) in [5, 5.41) is 6.62. The topological polar surface area (TPSA) is 104 Å². The number of nitrogens with zero attached hydrogens (tertiary/aromatic N) is 2. The Hall–Kier alpha value is -3.52. The van der Waals surface area contributed by atoms with Crippen LogP contribution in [-0.4, -0.2) is 34.9 Å². The van der Waals surface area contributed by atoms with E-state index in [1.807, 2.05) is 67.6 Å². The summed E-state index contributed by atoms with van der Waals surface area (Å²) in [5.41, 5.74) is 2.03. The van der Waals surface area contributed by atoms with Crippen LogP contribution in [0.2, 0.25) is 0 Å². The molecule has 0 spiro atoms. The molecule has 1 aromatic heterocycles. The van der Waals surface area contributed by atoms with Gasteiger partial charge in [0.15, 0.2) is 5.82 Å². The van der Waals surface area contributed by atoms with Crippen LogP contribution in [0.5, 0.6) is 0 Å². The lowest BCUT2D eigenvalue weighted by atomic mass is 9.98. The van der Waals surface area contributed by atoms with E-state index in [1.54, 1.807) is 0 Å². The van der Waals surface area contributed by atoms with Gasteiger partial charge in [0.25, 0.3) is 0 Å². The highest BCUT2D eigenvalue weighted by Gasteiger charge is 2.31. The standard InChI is InChI=1S/C24H27N3O5/c1-17(13-21-26-22(32-27-21)14-19-9-5-3-6-10-19)23(24(25-16-28)31-18(2)29)30-15-20-11-7-4-8-12-20/h3-12,16-17,23-24H,13-15H2,1-2H3,(H,25,28). The van der Waals surface area contributed by atoms with Gasteiger partial charge >= 0.3 is 5.97 Å². The minimum atomic E-state index is -0.945. The zero-order valence-electron chi connectivity index (χ0n) is 18.1. The molecule has 1 amide bonds. The maximum absolute atomic E-state index is 11.6. The fraction of sp³-hybridized carbons (Fsp3) is 0.333. The van der Waals surface area contributed by atoms with Crippen molar-refractivity contribution in [3.8, 4) is 0 Å². The van der Waals surface area contributed by atoms with Crippen LogP contribution in [0.15, 0.2) is 65.2 Å². The van der Waals surface area contributed by atoms with Crippen molar-refractivity contribution in [1.82, 2.24) is 15.5 Å². The lowest BCUT2D eigenvalue weighted by molar-refractivity contribution is -0.163. The number of aromatic nitrogens is 2. The number of esters is 1. The molecule has 1 N–H and O–H groups in total. The average molecular weight is 437 g/mol. The summed E-state index contributed by atoms with van der Waals surface area (Å²) in [6.07, 6.45) is -0.125. The van der Waals surface area contributed by atoms with Crippen molar-refractivity contribution in [2.45, 2.75) is 45.6 Å². The van der Waals surface area contributed by atoms with Crippen LogP contribution in [-0.2, 0) is 38.5 Å². The Balaban J connectivity index is 1.71. The maximum atomic E-state index is 11.6. The minimum absolute atomic E-state index is 0.197. The zero-order chi connectivity index (χ0) is 22.8. The molecule has 0 saturated heterocycles. The molecule has 168 valence electrons. The van der Waals surface area contributed by atoms with E-state index in [0.717, 1.165) is 11.1 Å². The van der Waals surface area contributed by atoms with E-state index < -0.39 is 18.3 Å². The molecule has 3 unspecified atom stereocenters. The van der Waals surface area contributed by atoms with Gasteiger partial charge in [-0.05, 0) is 17.0 Å². The lowest BCUT2D eigenvalue weighted by Gasteiger charge is -2.30. The molecule has 2 aromatic carbocycles. The van der Waals surface area contributed by atoms with Gasteiger partial charge in [0, 0.05) is 13.3 Å². The highest BCUT2D eigenvalue weighted by Crippen LogP contribution is 2.20. The molecule has 3 aromatic rings. The van der Waals surface area contributed by atoms with Gasteiger partial charge in [-0.25, -0.2) is 0 Å². The van der Waals surface area contributed by atoms with E-state index in [0.29, 0.717) is 37.6 Å². The van der Waals surface area contributed by atoms with Gasteiger partial charge in [-0.15, -0.1) is 0 Å². The van der Waals surface area contributed by atoms with Crippen molar-refractivity contribution in [3.63, 3.8) is 0 Å². The van der Waals surface area contributed by atoms with Gasteiger partial charge in [-0.1, -0.05) is 72.7 Å². The molecular formula is C24H27N3O5. The van der Waals surface area contributed by atoms with Gasteiger partial charge in [-0.2, -0.15) is 4.98 Å². The number of ether oxygens (including phenoxy) is 2. The third-order valence-electron chi connectivity index (χ3n) is 4.88. The molecule has 0 aliphatic rings. The normalized spacial score (nSPS) is 13.7. The van der Waals surface area contributed by atoms with E-state index in [1.165, 1.54) is 6.92 Å². The molecule has 3 rings (SSSR count). The monoisotopic (exact) mass is 437 g/mol. The molecule has 0 bridgehead atoms. The van der Waals surface area contributed by atoms with Crippen LogP contribution in [0.1, 0.15) is 36.7 Å². The van der Waals surface area contributed by atoms with Gasteiger partial charge in [0.1, 0.15) is 6.10 Å². The highest BCUT2D eigenvalue weighted by atomic mass is 16.6. The quantitative estimate of drug-likeness (QED) is 0.264. The summed E-state index contributed by atoms with van der Waals surface area (Å²) >= 11 is 0. The molecule has 32 heavy (non-hydrogen) atoms. The van der Waals surface area contributed by atoms with Crippen molar-refractivity contribution in [3.05, 3.63) is 83.5 Å². The van der Waals surface area contributed by atoms with Gasteiger partial charge in [0.05, 0.1) is 13.0 Å². The Morgan fingerprint density at radius 2 is 1.75 bits per heavy atom.